The van der Waals surface area contributed by atoms with Crippen molar-refractivity contribution in [3.05, 3.63) is 116 Å². The van der Waals surface area contributed by atoms with E-state index in [4.69, 9.17) is 0 Å². The van der Waals surface area contributed by atoms with Crippen LogP contribution in [0.1, 0.15) is 29.5 Å². The van der Waals surface area contributed by atoms with Gasteiger partial charge in [0.15, 0.2) is 0 Å². The molecule has 158 valence electrons. The van der Waals surface area contributed by atoms with Crippen molar-refractivity contribution >= 4 is 17.3 Å². The van der Waals surface area contributed by atoms with Gasteiger partial charge in [0.05, 0.1) is 15.8 Å². The van der Waals surface area contributed by atoms with Crippen molar-refractivity contribution in [3.8, 4) is 0 Å². The molecule has 0 bridgehead atoms. The Kier molecular flexibility index (Phi) is 6.71. The first-order valence-corrected chi connectivity index (χ1v) is 9.68. The highest BCUT2D eigenvalue weighted by molar-refractivity contribution is 5.87. The second-order valence-electron chi connectivity index (χ2n) is 7.23. The van der Waals surface area contributed by atoms with Gasteiger partial charge in [0.1, 0.15) is 0 Å². The van der Waals surface area contributed by atoms with Crippen molar-refractivity contribution in [2.45, 2.75) is 25.3 Å². The zero-order chi connectivity index (χ0) is 22.4. The second kappa shape index (κ2) is 9.62. The standard InChI is InChI=1S/C23H21N3O5/c1-16(15-17-5-3-2-4-6-17)24-23(27)22(18-7-11-20(12-8-18)25(28)29)19-9-13-21(14-10-19)26(30)31/h2-14,16,22H,15H2,1H3,(H,24,27). The minimum absolute atomic E-state index is 0.0796. The fourth-order valence-electron chi connectivity index (χ4n) is 3.42. The molecule has 0 aliphatic carbocycles. The molecule has 3 aromatic rings. The van der Waals surface area contributed by atoms with Crippen LogP contribution < -0.4 is 5.32 Å². The maximum atomic E-state index is 13.2. The smallest absolute Gasteiger partial charge is 0.269 e. The van der Waals surface area contributed by atoms with E-state index in [1.54, 1.807) is 0 Å². The molecule has 1 amide bonds. The molecular weight excluding hydrogens is 398 g/mol. The normalized spacial score (nSPS) is 11.7. The van der Waals surface area contributed by atoms with Gasteiger partial charge in [-0.3, -0.25) is 25.0 Å². The third kappa shape index (κ3) is 5.51. The molecule has 0 spiro atoms. The van der Waals surface area contributed by atoms with Gasteiger partial charge >= 0.3 is 0 Å². The van der Waals surface area contributed by atoms with E-state index in [1.165, 1.54) is 48.5 Å². The van der Waals surface area contributed by atoms with Gasteiger partial charge in [-0.05, 0) is 30.0 Å². The van der Waals surface area contributed by atoms with Crippen molar-refractivity contribution in [1.82, 2.24) is 5.32 Å². The first kappa shape index (κ1) is 21.6. The van der Waals surface area contributed by atoms with Gasteiger partial charge in [-0.25, -0.2) is 0 Å². The summed E-state index contributed by atoms with van der Waals surface area (Å²) in [4.78, 5) is 34.1. The molecule has 3 aromatic carbocycles. The molecule has 0 aliphatic heterocycles. The fraction of sp³-hybridized carbons (Fsp3) is 0.174. The number of nitro groups is 2. The molecule has 1 atom stereocenters. The average molecular weight is 419 g/mol. The SMILES string of the molecule is CC(Cc1ccccc1)NC(=O)C(c1ccc([N+](=O)[O-])cc1)c1ccc([N+](=O)[O-])cc1. The molecule has 1 N–H and O–H groups in total. The number of carbonyl (C=O) groups is 1. The topological polar surface area (TPSA) is 115 Å². The van der Waals surface area contributed by atoms with Crippen LogP contribution in [0.5, 0.6) is 0 Å². The van der Waals surface area contributed by atoms with Crippen molar-refractivity contribution in [2.24, 2.45) is 0 Å². The summed E-state index contributed by atoms with van der Waals surface area (Å²) in [6.45, 7) is 1.90. The van der Waals surface area contributed by atoms with Crippen LogP contribution >= 0.6 is 0 Å². The van der Waals surface area contributed by atoms with E-state index >= 15 is 0 Å². The Bertz CT molecular complexity index is 1010. The Balaban J connectivity index is 1.87. The van der Waals surface area contributed by atoms with Crippen LogP contribution in [0, 0.1) is 20.2 Å². The summed E-state index contributed by atoms with van der Waals surface area (Å²) in [7, 11) is 0. The lowest BCUT2D eigenvalue weighted by atomic mass is 9.89. The first-order chi connectivity index (χ1) is 14.8. The molecule has 1 unspecified atom stereocenters. The number of nitro benzene ring substituents is 2. The molecular formula is C23H21N3O5. The van der Waals surface area contributed by atoms with Crippen molar-refractivity contribution in [3.63, 3.8) is 0 Å². The minimum Gasteiger partial charge on any atom is -0.352 e. The summed E-state index contributed by atoms with van der Waals surface area (Å²) in [6.07, 6.45) is 0.639. The molecule has 0 heterocycles. The van der Waals surface area contributed by atoms with E-state index in [2.05, 4.69) is 5.32 Å². The quantitative estimate of drug-likeness (QED) is 0.430. The molecule has 0 saturated heterocycles. The van der Waals surface area contributed by atoms with Crippen LogP contribution in [0.25, 0.3) is 0 Å². The molecule has 31 heavy (non-hydrogen) atoms. The lowest BCUT2D eigenvalue weighted by Gasteiger charge is -2.21. The third-order valence-electron chi connectivity index (χ3n) is 4.91. The van der Waals surface area contributed by atoms with Gasteiger partial charge in [-0.2, -0.15) is 0 Å². The monoisotopic (exact) mass is 419 g/mol. The minimum atomic E-state index is -0.764. The zero-order valence-electron chi connectivity index (χ0n) is 16.8. The molecule has 8 heteroatoms. The maximum Gasteiger partial charge on any atom is 0.269 e. The average Bonchev–Trinajstić information content (AvgIpc) is 2.75. The van der Waals surface area contributed by atoms with E-state index in [0.717, 1.165) is 5.56 Å². The number of hydrogen-bond acceptors (Lipinski definition) is 5. The molecule has 3 rings (SSSR count). The van der Waals surface area contributed by atoms with E-state index in [9.17, 15) is 25.0 Å². The van der Waals surface area contributed by atoms with E-state index < -0.39 is 15.8 Å². The van der Waals surface area contributed by atoms with Gasteiger partial charge < -0.3 is 5.32 Å². The Hall–Kier alpha value is -4.07. The number of rotatable bonds is 8. The van der Waals surface area contributed by atoms with Gasteiger partial charge in [-0.1, -0.05) is 54.6 Å². The lowest BCUT2D eigenvalue weighted by Crippen LogP contribution is -2.38. The van der Waals surface area contributed by atoms with E-state index in [-0.39, 0.29) is 23.3 Å². The van der Waals surface area contributed by atoms with Gasteiger partial charge in [0, 0.05) is 30.3 Å². The van der Waals surface area contributed by atoms with Gasteiger partial charge in [0.2, 0.25) is 5.91 Å². The van der Waals surface area contributed by atoms with Crippen molar-refractivity contribution in [1.29, 1.82) is 0 Å². The summed E-state index contributed by atoms with van der Waals surface area (Å²) < 4.78 is 0. The lowest BCUT2D eigenvalue weighted by molar-refractivity contribution is -0.385. The van der Waals surface area contributed by atoms with Crippen LogP contribution in [-0.4, -0.2) is 21.8 Å². The first-order valence-electron chi connectivity index (χ1n) is 9.68. The van der Waals surface area contributed by atoms with Crippen LogP contribution in [0.3, 0.4) is 0 Å². The summed E-state index contributed by atoms with van der Waals surface area (Å²) in [5.74, 6) is -1.05. The molecule has 0 radical (unpaired) electrons. The molecule has 8 nitrogen and oxygen atoms in total. The van der Waals surface area contributed by atoms with E-state index in [0.29, 0.717) is 17.5 Å². The Morgan fingerprint density at radius 2 is 1.26 bits per heavy atom. The fourth-order valence-corrected chi connectivity index (χ4v) is 3.42. The number of amides is 1. The molecule has 0 fully saturated rings. The third-order valence-corrected chi connectivity index (χ3v) is 4.91. The highest BCUT2D eigenvalue weighted by Crippen LogP contribution is 2.28. The summed E-state index contributed by atoms with van der Waals surface area (Å²) >= 11 is 0. The number of nitrogens with zero attached hydrogens (tertiary/aromatic N) is 2. The summed E-state index contributed by atoms with van der Waals surface area (Å²) in [5.41, 5.74) is 2.04. The highest BCUT2D eigenvalue weighted by Gasteiger charge is 2.25. The number of carbonyl (C=O) groups excluding carboxylic acids is 1. The van der Waals surface area contributed by atoms with E-state index in [1.807, 2.05) is 37.3 Å². The number of non-ortho nitro benzene ring substituents is 2. The molecule has 0 aliphatic rings. The summed E-state index contributed by atoms with van der Waals surface area (Å²) in [6, 6.07) is 21.1. The Labute approximate surface area is 178 Å². The molecule has 0 saturated carbocycles. The maximum absolute atomic E-state index is 13.2. The number of benzene rings is 3. The summed E-state index contributed by atoms with van der Waals surface area (Å²) in [5, 5.41) is 24.9. The van der Waals surface area contributed by atoms with Gasteiger partial charge in [0.25, 0.3) is 11.4 Å². The largest absolute Gasteiger partial charge is 0.352 e. The van der Waals surface area contributed by atoms with Crippen LogP contribution in [-0.2, 0) is 11.2 Å². The predicted octanol–water partition coefficient (Wildman–Crippen LogP) is 4.38. The Morgan fingerprint density at radius 3 is 1.68 bits per heavy atom. The second-order valence-corrected chi connectivity index (χ2v) is 7.23. The Morgan fingerprint density at radius 1 is 0.806 bits per heavy atom. The zero-order valence-corrected chi connectivity index (χ0v) is 16.8. The number of hydrogen-bond donors (Lipinski definition) is 1. The van der Waals surface area contributed by atoms with Crippen LogP contribution in [0.2, 0.25) is 0 Å². The highest BCUT2D eigenvalue weighted by atomic mass is 16.6. The van der Waals surface area contributed by atoms with Gasteiger partial charge in [-0.15, -0.1) is 0 Å². The van der Waals surface area contributed by atoms with Crippen molar-refractivity contribution < 1.29 is 14.6 Å². The van der Waals surface area contributed by atoms with Crippen LogP contribution in [0.15, 0.2) is 78.9 Å². The molecule has 0 aromatic heterocycles. The van der Waals surface area contributed by atoms with Crippen LogP contribution in [0.4, 0.5) is 11.4 Å². The van der Waals surface area contributed by atoms with Crippen molar-refractivity contribution in [2.75, 3.05) is 0 Å². The number of nitrogens with one attached hydrogen (secondary N) is 1. The predicted molar refractivity (Wildman–Crippen MR) is 116 cm³/mol.